The van der Waals surface area contributed by atoms with Crippen molar-refractivity contribution >= 4 is 34.3 Å². The van der Waals surface area contributed by atoms with E-state index in [-0.39, 0.29) is 17.2 Å². The van der Waals surface area contributed by atoms with E-state index in [2.05, 4.69) is 4.98 Å². The van der Waals surface area contributed by atoms with Crippen LogP contribution in [0.1, 0.15) is 0 Å². The van der Waals surface area contributed by atoms with Crippen LogP contribution in [0.4, 0.5) is 18.9 Å². The smallest absolute Gasteiger partial charge is 0.436 e. The van der Waals surface area contributed by atoms with E-state index < -0.39 is 12.1 Å². The molecule has 0 unspecified atom stereocenters. The third-order valence-corrected chi connectivity index (χ3v) is 3.21. The molecule has 118 valence electrons. The van der Waals surface area contributed by atoms with Gasteiger partial charge in [0.25, 0.3) is 0 Å². The minimum Gasteiger partial charge on any atom is -0.436 e. The number of hydrogen-bond donors (Lipinski definition) is 1. The minimum atomic E-state index is -4.96. The molecule has 1 N–H and O–H groups in total. The summed E-state index contributed by atoms with van der Waals surface area (Å²) in [5, 5.41) is 2.26. The summed E-state index contributed by atoms with van der Waals surface area (Å²) in [5.74, 6) is -1.77. The first-order chi connectivity index (χ1) is 10.8. The Morgan fingerprint density at radius 2 is 1.96 bits per heavy atom. The molecule has 23 heavy (non-hydrogen) atoms. The fourth-order valence-electron chi connectivity index (χ4n) is 1.95. The second-order valence-electron chi connectivity index (χ2n) is 4.66. The molecule has 0 spiro atoms. The van der Waals surface area contributed by atoms with Gasteiger partial charge in [-0.15, -0.1) is 0 Å². The second kappa shape index (κ2) is 5.58. The molecule has 0 aliphatic carbocycles. The molecule has 2 aromatic carbocycles. The number of aromatic nitrogens is 1. The Labute approximate surface area is 132 Å². The van der Waals surface area contributed by atoms with Crippen LogP contribution in [0, 0.1) is 0 Å². The summed E-state index contributed by atoms with van der Waals surface area (Å²) >= 11 is 5.90. The van der Waals surface area contributed by atoms with E-state index >= 15 is 0 Å². The summed E-state index contributed by atoms with van der Waals surface area (Å²) < 4.78 is 42.3. The van der Waals surface area contributed by atoms with Crippen molar-refractivity contribution in [2.24, 2.45) is 0 Å². The second-order valence-corrected chi connectivity index (χ2v) is 5.10. The van der Waals surface area contributed by atoms with Crippen LogP contribution in [0.15, 0.2) is 46.9 Å². The molecule has 0 aliphatic heterocycles. The third-order valence-electron chi connectivity index (χ3n) is 2.98. The third kappa shape index (κ3) is 3.29. The number of oxazole rings is 1. The monoisotopic (exact) mass is 340 g/mol. The number of benzene rings is 2. The van der Waals surface area contributed by atoms with Gasteiger partial charge in [0.05, 0.1) is 0 Å². The highest BCUT2D eigenvalue weighted by Crippen LogP contribution is 2.28. The maximum atomic E-state index is 12.3. The molecule has 1 amide bonds. The molecule has 8 heteroatoms. The summed E-state index contributed by atoms with van der Waals surface area (Å²) in [4.78, 5) is 15.2. The topological polar surface area (TPSA) is 55.1 Å². The van der Waals surface area contributed by atoms with Gasteiger partial charge in [0.15, 0.2) is 5.58 Å². The first-order valence-corrected chi connectivity index (χ1v) is 6.75. The number of anilines is 1. The van der Waals surface area contributed by atoms with Crippen molar-refractivity contribution in [2.75, 3.05) is 5.32 Å². The lowest BCUT2D eigenvalue weighted by atomic mass is 10.2. The van der Waals surface area contributed by atoms with Crippen LogP contribution in [0.25, 0.3) is 22.6 Å². The highest BCUT2D eigenvalue weighted by Gasteiger charge is 2.38. The zero-order chi connectivity index (χ0) is 16.6. The quantitative estimate of drug-likeness (QED) is 0.738. The molecule has 0 atom stereocenters. The zero-order valence-electron chi connectivity index (χ0n) is 11.3. The lowest BCUT2D eigenvalue weighted by molar-refractivity contribution is -0.167. The number of fused-ring (bicyclic) bond motifs is 1. The molecule has 0 saturated heterocycles. The molecule has 0 saturated carbocycles. The van der Waals surface area contributed by atoms with Crippen molar-refractivity contribution in [2.45, 2.75) is 6.18 Å². The van der Waals surface area contributed by atoms with Crippen molar-refractivity contribution in [1.82, 2.24) is 4.98 Å². The molecule has 0 aliphatic rings. The van der Waals surface area contributed by atoms with Crippen molar-refractivity contribution in [3.63, 3.8) is 0 Å². The number of nitrogens with one attached hydrogen (secondary N) is 1. The maximum Gasteiger partial charge on any atom is 0.471 e. The average Bonchev–Trinajstić information content (AvgIpc) is 2.89. The van der Waals surface area contributed by atoms with Crippen LogP contribution < -0.4 is 5.32 Å². The van der Waals surface area contributed by atoms with Gasteiger partial charge in [-0.25, -0.2) is 4.98 Å². The number of alkyl halides is 3. The van der Waals surface area contributed by atoms with Gasteiger partial charge < -0.3 is 9.73 Å². The Morgan fingerprint density at radius 3 is 2.65 bits per heavy atom. The van der Waals surface area contributed by atoms with Crippen molar-refractivity contribution in [3.05, 3.63) is 47.5 Å². The Balaban J connectivity index is 1.94. The van der Waals surface area contributed by atoms with Crippen LogP contribution in [0.3, 0.4) is 0 Å². The van der Waals surface area contributed by atoms with Gasteiger partial charge in [0.1, 0.15) is 5.52 Å². The molecule has 0 bridgehead atoms. The number of hydrogen-bond acceptors (Lipinski definition) is 3. The summed E-state index contributed by atoms with van der Waals surface area (Å²) in [5.41, 5.74) is 1.30. The van der Waals surface area contributed by atoms with E-state index in [1.165, 1.54) is 18.2 Å². The molecular formula is C15H8ClF3N2O2. The number of nitrogens with zero attached hydrogens (tertiary/aromatic N) is 1. The first kappa shape index (κ1) is 15.4. The molecule has 3 aromatic rings. The predicted molar refractivity (Wildman–Crippen MR) is 79.1 cm³/mol. The van der Waals surface area contributed by atoms with Gasteiger partial charge in [-0.1, -0.05) is 17.7 Å². The van der Waals surface area contributed by atoms with Crippen LogP contribution >= 0.6 is 11.6 Å². The van der Waals surface area contributed by atoms with Crippen LogP contribution in [0.5, 0.6) is 0 Å². The molecule has 0 radical (unpaired) electrons. The van der Waals surface area contributed by atoms with E-state index in [4.69, 9.17) is 16.0 Å². The van der Waals surface area contributed by atoms with E-state index in [0.717, 1.165) is 0 Å². The molecule has 3 rings (SSSR count). The Hall–Kier alpha value is -2.54. The van der Waals surface area contributed by atoms with Gasteiger partial charge in [-0.3, -0.25) is 4.79 Å². The van der Waals surface area contributed by atoms with Crippen molar-refractivity contribution in [1.29, 1.82) is 0 Å². The summed E-state index contributed by atoms with van der Waals surface area (Å²) in [6.07, 6.45) is -4.96. The Kier molecular flexibility index (Phi) is 3.73. The van der Waals surface area contributed by atoms with Crippen molar-refractivity contribution in [3.8, 4) is 11.5 Å². The summed E-state index contributed by atoms with van der Waals surface area (Å²) in [7, 11) is 0. The highest BCUT2D eigenvalue weighted by molar-refractivity contribution is 6.30. The predicted octanol–water partition coefficient (Wildman–Crippen LogP) is 4.65. The molecule has 0 fully saturated rings. The largest absolute Gasteiger partial charge is 0.471 e. The summed E-state index contributed by atoms with van der Waals surface area (Å²) in [6.45, 7) is 0. The molecule has 1 heterocycles. The lowest BCUT2D eigenvalue weighted by Crippen LogP contribution is -2.29. The van der Waals surface area contributed by atoms with Crippen LogP contribution in [0.2, 0.25) is 5.02 Å². The van der Waals surface area contributed by atoms with Crippen LogP contribution in [-0.2, 0) is 4.79 Å². The van der Waals surface area contributed by atoms with Crippen molar-refractivity contribution < 1.29 is 22.4 Å². The average molecular weight is 341 g/mol. The van der Waals surface area contributed by atoms with E-state index in [0.29, 0.717) is 16.1 Å². The highest BCUT2D eigenvalue weighted by atomic mass is 35.5. The first-order valence-electron chi connectivity index (χ1n) is 6.37. The van der Waals surface area contributed by atoms with Gasteiger partial charge >= 0.3 is 12.1 Å². The van der Waals surface area contributed by atoms with E-state index in [9.17, 15) is 18.0 Å². The number of halogens is 4. The molecule has 4 nitrogen and oxygen atoms in total. The van der Waals surface area contributed by atoms with E-state index in [1.54, 1.807) is 29.6 Å². The fraction of sp³-hybridized carbons (Fsp3) is 0.0667. The standard InChI is InChI=1S/C15H8ClF3N2O2/c16-9-3-1-2-8(6-9)13-21-11-5-4-10(7-12(11)23-13)20-14(22)15(17,18)19/h1-7H,(H,20,22). The van der Waals surface area contributed by atoms with Gasteiger partial charge in [-0.2, -0.15) is 13.2 Å². The van der Waals surface area contributed by atoms with E-state index in [1.807, 2.05) is 0 Å². The summed E-state index contributed by atoms with van der Waals surface area (Å²) in [6, 6.07) is 10.9. The number of carbonyl (C=O) groups is 1. The van der Waals surface area contributed by atoms with Gasteiger partial charge in [-0.05, 0) is 30.3 Å². The fourth-order valence-corrected chi connectivity index (χ4v) is 2.14. The SMILES string of the molecule is O=C(Nc1ccc2nc(-c3cccc(Cl)c3)oc2c1)C(F)(F)F. The lowest BCUT2D eigenvalue weighted by Gasteiger charge is -2.07. The molecular weight excluding hydrogens is 333 g/mol. The molecule has 1 aromatic heterocycles. The normalized spacial score (nSPS) is 11.7. The maximum absolute atomic E-state index is 12.3. The van der Waals surface area contributed by atoms with Gasteiger partial charge in [0.2, 0.25) is 5.89 Å². The number of amides is 1. The van der Waals surface area contributed by atoms with Gasteiger partial charge in [0, 0.05) is 22.3 Å². The van der Waals surface area contributed by atoms with Crippen LogP contribution in [-0.4, -0.2) is 17.1 Å². The minimum absolute atomic E-state index is 0.0337. The number of rotatable bonds is 2. The Morgan fingerprint density at radius 1 is 1.17 bits per heavy atom. The zero-order valence-corrected chi connectivity index (χ0v) is 12.1. The Bertz CT molecular complexity index is 890. The number of carbonyl (C=O) groups excluding carboxylic acids is 1.